The van der Waals surface area contributed by atoms with Crippen LogP contribution in [0.4, 0.5) is 0 Å². The summed E-state index contributed by atoms with van der Waals surface area (Å²) in [5.41, 5.74) is 3.45. The van der Waals surface area contributed by atoms with Crippen molar-refractivity contribution < 1.29 is 9.90 Å². The topological polar surface area (TPSA) is 50.2 Å². The number of pyridine rings is 1. The van der Waals surface area contributed by atoms with Gasteiger partial charge in [0.15, 0.2) is 0 Å². The number of rotatable bonds is 3. The van der Waals surface area contributed by atoms with Gasteiger partial charge < -0.3 is 5.11 Å². The van der Waals surface area contributed by atoms with E-state index in [0.717, 1.165) is 29.8 Å². The molecule has 1 aromatic heterocycles. The molecule has 3 nitrogen and oxygen atoms in total. The Kier molecular flexibility index (Phi) is 2.03. The third-order valence-electron chi connectivity index (χ3n) is 3.44. The van der Waals surface area contributed by atoms with E-state index in [0.29, 0.717) is 17.4 Å². The molecule has 0 spiro atoms. The minimum atomic E-state index is -0.833. The van der Waals surface area contributed by atoms with Crippen LogP contribution >= 0.6 is 0 Å². The number of hydrogen-bond acceptors (Lipinski definition) is 2. The molecule has 1 N–H and O–H groups in total. The van der Waals surface area contributed by atoms with Gasteiger partial charge in [-0.1, -0.05) is 0 Å². The summed E-state index contributed by atoms with van der Waals surface area (Å²) in [4.78, 5) is 15.8. The lowest BCUT2D eigenvalue weighted by Crippen LogP contribution is -2.07. The third-order valence-corrected chi connectivity index (χ3v) is 3.44. The van der Waals surface area contributed by atoms with E-state index in [2.05, 4.69) is 4.98 Å². The van der Waals surface area contributed by atoms with Crippen LogP contribution < -0.4 is 0 Å². The van der Waals surface area contributed by atoms with Gasteiger partial charge in [0.1, 0.15) is 0 Å². The highest BCUT2D eigenvalue weighted by Gasteiger charge is 2.33. The summed E-state index contributed by atoms with van der Waals surface area (Å²) in [6.45, 7) is 1.98. The number of hydrogen-bond donors (Lipinski definition) is 1. The van der Waals surface area contributed by atoms with Crippen molar-refractivity contribution in [2.24, 2.45) is 0 Å². The van der Waals surface area contributed by atoms with Gasteiger partial charge in [0.25, 0.3) is 0 Å². The molecule has 0 saturated heterocycles. The standard InChI is InChI=1S/C13H15NO2/c1-7-6-10(13(15)16)12(9-4-5-9)14-11(7)8-2-3-8/h6,8-9H,2-5H2,1H3,(H,15,16). The van der Waals surface area contributed by atoms with Crippen molar-refractivity contribution in [2.45, 2.75) is 44.4 Å². The Balaban J connectivity index is 2.10. The first-order valence-electron chi connectivity index (χ1n) is 5.91. The highest BCUT2D eigenvalue weighted by Crippen LogP contribution is 2.45. The summed E-state index contributed by atoms with van der Waals surface area (Å²) in [5.74, 6) is 0.171. The second kappa shape index (κ2) is 3.30. The molecule has 84 valence electrons. The van der Waals surface area contributed by atoms with E-state index in [1.165, 1.54) is 12.8 Å². The number of carbonyl (C=O) groups is 1. The zero-order valence-electron chi connectivity index (χ0n) is 9.36. The maximum atomic E-state index is 11.2. The van der Waals surface area contributed by atoms with Crippen molar-refractivity contribution in [3.63, 3.8) is 0 Å². The fraction of sp³-hybridized carbons (Fsp3) is 0.538. The first-order chi connectivity index (χ1) is 7.66. The van der Waals surface area contributed by atoms with Gasteiger partial charge in [-0.05, 0) is 44.2 Å². The van der Waals surface area contributed by atoms with Crippen LogP contribution in [0.2, 0.25) is 0 Å². The van der Waals surface area contributed by atoms with E-state index in [1.54, 1.807) is 0 Å². The molecule has 16 heavy (non-hydrogen) atoms. The van der Waals surface area contributed by atoms with Gasteiger partial charge in [-0.15, -0.1) is 0 Å². The monoisotopic (exact) mass is 217 g/mol. The van der Waals surface area contributed by atoms with E-state index >= 15 is 0 Å². The second-order valence-corrected chi connectivity index (χ2v) is 4.98. The Morgan fingerprint density at radius 1 is 1.25 bits per heavy atom. The molecule has 0 aromatic carbocycles. The summed E-state index contributed by atoms with van der Waals surface area (Å²) in [6, 6.07) is 1.82. The van der Waals surface area contributed by atoms with Gasteiger partial charge in [-0.3, -0.25) is 4.98 Å². The van der Waals surface area contributed by atoms with Crippen LogP contribution in [0.3, 0.4) is 0 Å². The van der Waals surface area contributed by atoms with Crippen molar-refractivity contribution in [2.75, 3.05) is 0 Å². The van der Waals surface area contributed by atoms with Crippen LogP contribution in [0.15, 0.2) is 6.07 Å². The Morgan fingerprint density at radius 3 is 2.31 bits per heavy atom. The van der Waals surface area contributed by atoms with Crippen molar-refractivity contribution in [1.82, 2.24) is 4.98 Å². The second-order valence-electron chi connectivity index (χ2n) is 4.98. The number of aromatic carboxylic acids is 1. The molecule has 3 heteroatoms. The number of nitrogens with zero attached hydrogens (tertiary/aromatic N) is 1. The van der Waals surface area contributed by atoms with Crippen LogP contribution in [-0.2, 0) is 0 Å². The van der Waals surface area contributed by atoms with Crippen LogP contribution in [0.25, 0.3) is 0 Å². The highest BCUT2D eigenvalue weighted by molar-refractivity contribution is 5.89. The van der Waals surface area contributed by atoms with Gasteiger partial charge in [-0.25, -0.2) is 4.79 Å². The van der Waals surface area contributed by atoms with Crippen LogP contribution in [0.1, 0.15) is 64.8 Å². The molecule has 0 radical (unpaired) electrons. The number of carboxylic acids is 1. The zero-order chi connectivity index (χ0) is 11.3. The van der Waals surface area contributed by atoms with Crippen molar-refractivity contribution in [3.05, 3.63) is 28.6 Å². The molecule has 0 aliphatic heterocycles. The van der Waals surface area contributed by atoms with Gasteiger partial charge >= 0.3 is 5.97 Å². The predicted molar refractivity (Wildman–Crippen MR) is 59.9 cm³/mol. The van der Waals surface area contributed by atoms with E-state index in [-0.39, 0.29) is 0 Å². The molecule has 3 rings (SSSR count). The molecule has 2 aliphatic rings. The van der Waals surface area contributed by atoms with Crippen LogP contribution in [0, 0.1) is 6.92 Å². The highest BCUT2D eigenvalue weighted by atomic mass is 16.4. The Hall–Kier alpha value is -1.38. The maximum absolute atomic E-state index is 11.2. The van der Waals surface area contributed by atoms with Crippen LogP contribution in [0.5, 0.6) is 0 Å². The molecular formula is C13H15NO2. The quantitative estimate of drug-likeness (QED) is 0.846. The van der Waals surface area contributed by atoms with Gasteiger partial charge in [-0.2, -0.15) is 0 Å². The normalized spacial score (nSPS) is 19.8. The zero-order valence-corrected chi connectivity index (χ0v) is 9.36. The molecular weight excluding hydrogens is 202 g/mol. The number of aromatic nitrogens is 1. The lowest BCUT2D eigenvalue weighted by molar-refractivity contribution is 0.0695. The minimum absolute atomic E-state index is 0.407. The molecule has 1 aromatic rings. The average molecular weight is 217 g/mol. The lowest BCUT2D eigenvalue weighted by Gasteiger charge is -2.10. The van der Waals surface area contributed by atoms with Crippen molar-refractivity contribution in [1.29, 1.82) is 0 Å². The number of aryl methyl sites for hydroxylation is 1. The third kappa shape index (κ3) is 1.60. The largest absolute Gasteiger partial charge is 0.478 e. The van der Waals surface area contributed by atoms with Gasteiger partial charge in [0, 0.05) is 17.5 Å². The summed E-state index contributed by atoms with van der Waals surface area (Å²) in [5, 5.41) is 9.17. The molecule has 0 unspecified atom stereocenters. The van der Waals surface area contributed by atoms with Gasteiger partial charge in [0.05, 0.1) is 11.3 Å². The minimum Gasteiger partial charge on any atom is -0.478 e. The van der Waals surface area contributed by atoms with E-state index in [9.17, 15) is 9.90 Å². The average Bonchev–Trinajstić information content (AvgIpc) is 3.10. The first kappa shape index (κ1) is 9.82. The summed E-state index contributed by atoms with van der Waals surface area (Å²) >= 11 is 0. The molecule has 0 bridgehead atoms. The SMILES string of the molecule is Cc1cc(C(=O)O)c(C2CC2)nc1C1CC1. The molecule has 2 saturated carbocycles. The Labute approximate surface area is 94.5 Å². The molecule has 1 heterocycles. The van der Waals surface area contributed by atoms with Gasteiger partial charge in [0.2, 0.25) is 0 Å². The predicted octanol–water partition coefficient (Wildman–Crippen LogP) is 2.84. The summed E-state index contributed by atoms with van der Waals surface area (Å²) in [6.07, 6.45) is 4.62. The smallest absolute Gasteiger partial charge is 0.337 e. The Morgan fingerprint density at radius 2 is 1.81 bits per heavy atom. The summed E-state index contributed by atoms with van der Waals surface area (Å²) < 4.78 is 0. The van der Waals surface area contributed by atoms with Crippen LogP contribution in [-0.4, -0.2) is 16.1 Å². The van der Waals surface area contributed by atoms with Crippen molar-refractivity contribution >= 4 is 5.97 Å². The van der Waals surface area contributed by atoms with E-state index < -0.39 is 5.97 Å². The lowest BCUT2D eigenvalue weighted by atomic mass is 10.0. The molecule has 0 amide bonds. The molecule has 2 fully saturated rings. The maximum Gasteiger partial charge on any atom is 0.337 e. The Bertz CT molecular complexity index is 459. The fourth-order valence-corrected chi connectivity index (χ4v) is 2.25. The fourth-order valence-electron chi connectivity index (χ4n) is 2.25. The molecule has 2 aliphatic carbocycles. The van der Waals surface area contributed by atoms with Crippen molar-refractivity contribution in [3.8, 4) is 0 Å². The first-order valence-corrected chi connectivity index (χ1v) is 5.91. The van der Waals surface area contributed by atoms with E-state index in [4.69, 9.17) is 0 Å². The van der Waals surface area contributed by atoms with E-state index in [1.807, 2.05) is 13.0 Å². The number of carboxylic acid groups (broad SMARTS) is 1. The molecule has 0 atom stereocenters. The summed E-state index contributed by atoms with van der Waals surface area (Å²) in [7, 11) is 0.